The number of nitro groups is 1. The summed E-state index contributed by atoms with van der Waals surface area (Å²) in [5, 5.41) is 14.1. The summed E-state index contributed by atoms with van der Waals surface area (Å²) in [5.41, 5.74) is 0.138. The number of sulfonamides is 1. The molecule has 13 heteroatoms. The van der Waals surface area contributed by atoms with Crippen molar-refractivity contribution in [2.24, 2.45) is 5.92 Å². The Morgan fingerprint density at radius 3 is 2.18 bits per heavy atom. The predicted octanol–water partition coefficient (Wildman–Crippen LogP) is 2.57. The third-order valence-corrected chi connectivity index (χ3v) is 6.81. The van der Waals surface area contributed by atoms with E-state index >= 15 is 0 Å². The van der Waals surface area contributed by atoms with Crippen molar-refractivity contribution in [3.8, 4) is 11.5 Å². The van der Waals surface area contributed by atoms with Gasteiger partial charge in [-0.15, -0.1) is 0 Å². The van der Waals surface area contributed by atoms with Crippen molar-refractivity contribution >= 4 is 33.2 Å². The van der Waals surface area contributed by atoms with E-state index in [-0.39, 0.29) is 29.6 Å². The number of anilines is 1. The Balaban J connectivity index is 2.49. The van der Waals surface area contributed by atoms with E-state index < -0.39 is 39.3 Å². The molecule has 2 rings (SSSR count). The van der Waals surface area contributed by atoms with Crippen molar-refractivity contribution in [3.63, 3.8) is 0 Å². The number of nitrogens with zero attached hydrogens (tertiary/aromatic N) is 3. The largest absolute Gasteiger partial charge is 0.497 e. The maximum absolute atomic E-state index is 13.6. The molecule has 0 heterocycles. The number of benzene rings is 2. The van der Waals surface area contributed by atoms with Crippen LogP contribution < -0.4 is 19.1 Å². The number of hydrogen-bond donors (Lipinski definition) is 1. The highest BCUT2D eigenvalue weighted by atomic mass is 32.2. The minimum absolute atomic E-state index is 0.00275. The van der Waals surface area contributed by atoms with Crippen LogP contribution in [0.15, 0.2) is 42.5 Å². The van der Waals surface area contributed by atoms with Gasteiger partial charge in [-0.2, -0.15) is 0 Å². The lowest BCUT2D eigenvalue weighted by Gasteiger charge is -2.32. The van der Waals surface area contributed by atoms with Crippen LogP contribution in [-0.2, 0) is 26.2 Å². The summed E-state index contributed by atoms with van der Waals surface area (Å²) in [6.45, 7) is 5.10. The fourth-order valence-corrected chi connectivity index (χ4v) is 4.39. The summed E-state index contributed by atoms with van der Waals surface area (Å²) in [4.78, 5) is 38.5. The minimum Gasteiger partial charge on any atom is -0.497 e. The second-order valence-corrected chi connectivity index (χ2v) is 11.0. The monoisotopic (exact) mass is 550 g/mol. The van der Waals surface area contributed by atoms with E-state index in [2.05, 4.69) is 5.32 Å². The number of ether oxygens (including phenoxy) is 2. The minimum atomic E-state index is -4.10. The number of methoxy groups -OCH3 is 2. The van der Waals surface area contributed by atoms with Crippen LogP contribution in [0.2, 0.25) is 0 Å². The van der Waals surface area contributed by atoms with Gasteiger partial charge in [0, 0.05) is 25.2 Å². The van der Waals surface area contributed by atoms with Gasteiger partial charge < -0.3 is 19.7 Å². The molecule has 0 aromatic heterocycles. The number of nitrogens with one attached hydrogen (secondary N) is 1. The molecule has 0 saturated carbocycles. The molecular weight excluding hydrogens is 516 g/mol. The molecule has 0 fully saturated rings. The molecule has 0 aliphatic rings. The molecule has 0 aliphatic heterocycles. The number of non-ortho nitro benzene ring substituents is 1. The highest BCUT2D eigenvalue weighted by Crippen LogP contribution is 2.34. The Kier molecular flexibility index (Phi) is 10.5. The molecular formula is C25H34N4O8S. The third kappa shape index (κ3) is 8.07. The zero-order valence-electron chi connectivity index (χ0n) is 22.3. The third-order valence-electron chi connectivity index (χ3n) is 5.68. The van der Waals surface area contributed by atoms with Gasteiger partial charge in [0.05, 0.1) is 25.4 Å². The summed E-state index contributed by atoms with van der Waals surface area (Å²) >= 11 is 0. The Labute approximate surface area is 222 Å². The maximum Gasteiger partial charge on any atom is 0.271 e. The molecule has 0 spiro atoms. The molecule has 2 aromatic carbocycles. The van der Waals surface area contributed by atoms with E-state index in [1.54, 1.807) is 31.2 Å². The van der Waals surface area contributed by atoms with Crippen molar-refractivity contribution in [1.29, 1.82) is 0 Å². The van der Waals surface area contributed by atoms with Gasteiger partial charge in [0.2, 0.25) is 21.8 Å². The van der Waals surface area contributed by atoms with Crippen LogP contribution in [0.3, 0.4) is 0 Å². The van der Waals surface area contributed by atoms with Gasteiger partial charge in [-0.1, -0.05) is 26.0 Å². The van der Waals surface area contributed by atoms with Crippen LogP contribution in [0.25, 0.3) is 0 Å². The quantitative estimate of drug-likeness (QED) is 0.296. The number of nitro benzene ring substituents is 1. The van der Waals surface area contributed by atoms with E-state index in [4.69, 9.17) is 9.47 Å². The normalized spacial score (nSPS) is 12.0. The molecule has 1 unspecified atom stereocenters. The van der Waals surface area contributed by atoms with E-state index in [1.807, 2.05) is 13.8 Å². The first kappa shape index (κ1) is 30.4. The van der Waals surface area contributed by atoms with Gasteiger partial charge in [-0.05, 0) is 36.6 Å². The highest BCUT2D eigenvalue weighted by Gasteiger charge is 2.32. The highest BCUT2D eigenvalue weighted by molar-refractivity contribution is 7.92. The lowest BCUT2D eigenvalue weighted by Crippen LogP contribution is -2.51. The second-order valence-electron chi connectivity index (χ2n) is 9.07. The average molecular weight is 551 g/mol. The summed E-state index contributed by atoms with van der Waals surface area (Å²) < 4.78 is 36.7. The molecule has 0 aliphatic carbocycles. The molecule has 1 N–H and O–H groups in total. The zero-order chi connectivity index (χ0) is 28.6. The molecule has 0 saturated heterocycles. The van der Waals surface area contributed by atoms with Crippen molar-refractivity contribution in [2.45, 2.75) is 33.4 Å². The number of amides is 2. The molecule has 1 atom stereocenters. The molecule has 38 heavy (non-hydrogen) atoms. The standard InChI is InChI=1S/C25H34N4O8S/c1-17(2)14-26-25(31)18(3)27(15-19-7-10-21(36-4)11-8-19)24(30)16-28(38(6,34)35)22-13-20(29(32)33)9-12-23(22)37-5/h7-13,17-18H,14-16H2,1-6H3,(H,26,31). The lowest BCUT2D eigenvalue weighted by atomic mass is 10.1. The number of hydrogen-bond acceptors (Lipinski definition) is 8. The van der Waals surface area contributed by atoms with Crippen molar-refractivity contribution in [1.82, 2.24) is 10.2 Å². The summed E-state index contributed by atoms with van der Waals surface area (Å²) in [7, 11) is -1.30. The smallest absolute Gasteiger partial charge is 0.271 e. The van der Waals surface area contributed by atoms with E-state index in [0.29, 0.717) is 17.9 Å². The Morgan fingerprint density at radius 2 is 1.68 bits per heavy atom. The van der Waals surface area contributed by atoms with Crippen molar-refractivity contribution < 1.29 is 32.4 Å². The Hall–Kier alpha value is -3.87. The van der Waals surface area contributed by atoms with Gasteiger partial charge in [0.25, 0.3) is 5.69 Å². The molecule has 12 nitrogen and oxygen atoms in total. The Morgan fingerprint density at radius 1 is 1.05 bits per heavy atom. The first-order valence-electron chi connectivity index (χ1n) is 11.8. The van der Waals surface area contributed by atoms with Crippen molar-refractivity contribution in [2.75, 3.05) is 37.9 Å². The zero-order valence-corrected chi connectivity index (χ0v) is 23.1. The van der Waals surface area contributed by atoms with Crippen molar-refractivity contribution in [3.05, 3.63) is 58.1 Å². The SMILES string of the molecule is COc1ccc(CN(C(=O)CN(c2cc([N+](=O)[O-])ccc2OC)S(C)(=O)=O)C(C)C(=O)NCC(C)C)cc1. The first-order chi connectivity index (χ1) is 17.8. The molecule has 0 radical (unpaired) electrons. The van der Waals surface area contributed by atoms with Crippen LogP contribution in [-0.4, -0.2) is 69.7 Å². The molecule has 0 bridgehead atoms. The Bertz CT molecular complexity index is 1250. The first-order valence-corrected chi connectivity index (χ1v) is 13.6. The van der Waals surface area contributed by atoms with Gasteiger partial charge in [-0.25, -0.2) is 8.42 Å². The fraction of sp³-hybridized carbons (Fsp3) is 0.440. The second kappa shape index (κ2) is 13.1. The number of carbonyl (C=O) groups is 2. The number of rotatable bonds is 13. The predicted molar refractivity (Wildman–Crippen MR) is 143 cm³/mol. The average Bonchev–Trinajstić information content (AvgIpc) is 2.87. The van der Waals surface area contributed by atoms with Crippen LogP contribution in [0.5, 0.6) is 11.5 Å². The lowest BCUT2D eigenvalue weighted by molar-refractivity contribution is -0.384. The summed E-state index contributed by atoms with van der Waals surface area (Å²) in [6.07, 6.45) is 0.880. The maximum atomic E-state index is 13.6. The number of carbonyl (C=O) groups excluding carboxylic acids is 2. The van der Waals surface area contributed by atoms with Crippen LogP contribution in [0.4, 0.5) is 11.4 Å². The van der Waals surface area contributed by atoms with Crippen LogP contribution >= 0.6 is 0 Å². The van der Waals surface area contributed by atoms with Gasteiger partial charge in [0.15, 0.2) is 0 Å². The van der Waals surface area contributed by atoms with E-state index in [9.17, 15) is 28.1 Å². The van der Waals surface area contributed by atoms with E-state index in [1.165, 1.54) is 31.3 Å². The molecule has 208 valence electrons. The summed E-state index contributed by atoms with van der Waals surface area (Å²) in [5.74, 6) is -0.279. The van der Waals surface area contributed by atoms with Gasteiger partial charge in [-0.3, -0.25) is 24.0 Å². The van der Waals surface area contributed by atoms with Gasteiger partial charge >= 0.3 is 0 Å². The topological polar surface area (TPSA) is 148 Å². The van der Waals surface area contributed by atoms with Gasteiger partial charge in [0.1, 0.15) is 29.8 Å². The van der Waals surface area contributed by atoms with Crippen LogP contribution in [0, 0.1) is 16.0 Å². The fourth-order valence-electron chi connectivity index (χ4n) is 3.54. The molecule has 2 aromatic rings. The van der Waals surface area contributed by atoms with E-state index in [0.717, 1.165) is 16.6 Å². The molecule has 2 amide bonds. The summed E-state index contributed by atoms with van der Waals surface area (Å²) in [6, 6.07) is 9.38. The van der Waals surface area contributed by atoms with Crippen LogP contribution in [0.1, 0.15) is 26.3 Å².